The number of nitrogens with one attached hydrogen (secondary N) is 3. The molecular formula is C7H8N8O3. The first-order valence-electron chi connectivity index (χ1n) is 4.70. The summed E-state index contributed by atoms with van der Waals surface area (Å²) in [5, 5.41) is 19.0. The largest absolute Gasteiger partial charge is 0.378 e. The minimum absolute atomic E-state index is 0.0990. The van der Waals surface area contributed by atoms with Crippen molar-refractivity contribution in [1.82, 2.24) is 25.1 Å². The number of hydrogen-bond donors (Lipinski definition) is 4. The summed E-state index contributed by atoms with van der Waals surface area (Å²) in [4.78, 5) is 30.4. The first-order valence-corrected chi connectivity index (χ1v) is 4.70. The second kappa shape index (κ2) is 4.48. The van der Waals surface area contributed by atoms with E-state index >= 15 is 0 Å². The number of nitro groups is 1. The van der Waals surface area contributed by atoms with Crippen molar-refractivity contribution in [3.05, 3.63) is 32.6 Å². The van der Waals surface area contributed by atoms with Gasteiger partial charge in [-0.15, -0.1) is 0 Å². The van der Waals surface area contributed by atoms with Crippen molar-refractivity contribution >= 4 is 17.5 Å². The average molecular weight is 252 g/mol. The monoisotopic (exact) mass is 252 g/mol. The molecule has 0 amide bonds. The minimum atomic E-state index is -0.676. The number of nitrogens with two attached hydrogens (primary N) is 1. The fourth-order valence-electron chi connectivity index (χ4n) is 1.17. The maximum Gasteiger partial charge on any atom is 0.340 e. The lowest BCUT2D eigenvalue weighted by Crippen LogP contribution is -2.08. The molecule has 0 atom stereocenters. The third-order valence-electron chi connectivity index (χ3n) is 1.96. The summed E-state index contributed by atoms with van der Waals surface area (Å²) in [5.41, 5.74) is 4.58. The van der Waals surface area contributed by atoms with E-state index in [0.29, 0.717) is 5.82 Å². The summed E-state index contributed by atoms with van der Waals surface area (Å²) in [7, 11) is 0. The Balaban J connectivity index is 2.08. The summed E-state index contributed by atoms with van der Waals surface area (Å²) in [6, 6.07) is 0. The van der Waals surface area contributed by atoms with Crippen molar-refractivity contribution in [3.8, 4) is 0 Å². The van der Waals surface area contributed by atoms with Gasteiger partial charge in [-0.25, -0.2) is 14.9 Å². The lowest BCUT2D eigenvalue weighted by atomic mass is 10.5. The topological polar surface area (TPSA) is 169 Å². The van der Waals surface area contributed by atoms with E-state index in [1.807, 2.05) is 0 Å². The van der Waals surface area contributed by atoms with Gasteiger partial charge in [-0.1, -0.05) is 0 Å². The molecule has 0 aliphatic heterocycles. The predicted molar refractivity (Wildman–Crippen MR) is 59.6 cm³/mol. The lowest BCUT2D eigenvalue weighted by molar-refractivity contribution is -0.384. The Morgan fingerprint density at radius 2 is 2.33 bits per heavy atom. The van der Waals surface area contributed by atoms with Gasteiger partial charge < -0.3 is 11.1 Å². The number of rotatable bonds is 4. The predicted octanol–water partition coefficient (Wildman–Crippen LogP) is -1.01. The molecule has 0 aliphatic carbocycles. The van der Waals surface area contributed by atoms with Crippen LogP contribution in [0.1, 0.15) is 5.82 Å². The van der Waals surface area contributed by atoms with Crippen molar-refractivity contribution in [2.75, 3.05) is 11.1 Å². The average Bonchev–Trinajstić information content (AvgIpc) is 2.72. The van der Waals surface area contributed by atoms with E-state index in [2.05, 4.69) is 30.5 Å². The minimum Gasteiger partial charge on any atom is -0.378 e. The second-order valence-corrected chi connectivity index (χ2v) is 3.20. The van der Waals surface area contributed by atoms with Crippen molar-refractivity contribution < 1.29 is 4.92 Å². The van der Waals surface area contributed by atoms with Crippen LogP contribution in [0.15, 0.2) is 11.0 Å². The second-order valence-electron chi connectivity index (χ2n) is 3.20. The standard InChI is InChI=1S/C7H8N8O3/c8-5-3(15(17)18)1-9-6(12-5)10-2-4-11-7(16)14-13-4/h1H,2H2,(H3,8,9,10,12)(H2,11,13,14,16). The quantitative estimate of drug-likeness (QED) is 0.396. The molecule has 2 aromatic heterocycles. The van der Waals surface area contributed by atoms with Gasteiger partial charge in [0.25, 0.3) is 0 Å². The number of nitrogens with zero attached hydrogens (tertiary/aromatic N) is 4. The van der Waals surface area contributed by atoms with E-state index in [-0.39, 0.29) is 24.0 Å². The Kier molecular flexibility index (Phi) is 2.87. The van der Waals surface area contributed by atoms with Crippen molar-refractivity contribution in [2.24, 2.45) is 0 Å². The van der Waals surface area contributed by atoms with E-state index < -0.39 is 10.6 Å². The Labute approximate surface area is 98.6 Å². The molecule has 5 N–H and O–H groups in total. The fourth-order valence-corrected chi connectivity index (χ4v) is 1.17. The number of aromatic nitrogens is 5. The van der Waals surface area contributed by atoms with Gasteiger partial charge in [-0.2, -0.15) is 10.1 Å². The highest BCUT2D eigenvalue weighted by molar-refractivity contribution is 5.53. The highest BCUT2D eigenvalue weighted by Crippen LogP contribution is 2.18. The zero-order valence-electron chi connectivity index (χ0n) is 8.88. The normalized spacial score (nSPS) is 10.2. The van der Waals surface area contributed by atoms with Crippen LogP contribution < -0.4 is 16.7 Å². The molecule has 18 heavy (non-hydrogen) atoms. The van der Waals surface area contributed by atoms with Gasteiger partial charge >= 0.3 is 11.4 Å². The summed E-state index contributed by atoms with van der Waals surface area (Å²) in [5.74, 6) is 0.204. The zero-order valence-corrected chi connectivity index (χ0v) is 8.88. The van der Waals surface area contributed by atoms with Crippen LogP contribution in [0.5, 0.6) is 0 Å². The molecule has 0 saturated carbocycles. The molecule has 11 nitrogen and oxygen atoms in total. The fraction of sp³-hybridized carbons (Fsp3) is 0.143. The number of nitrogen functional groups attached to an aromatic ring is 1. The third kappa shape index (κ3) is 2.40. The Morgan fingerprint density at radius 1 is 1.56 bits per heavy atom. The molecule has 2 heterocycles. The van der Waals surface area contributed by atoms with Crippen molar-refractivity contribution in [2.45, 2.75) is 6.54 Å². The first kappa shape index (κ1) is 11.5. The molecule has 11 heteroatoms. The van der Waals surface area contributed by atoms with E-state index in [0.717, 1.165) is 6.20 Å². The van der Waals surface area contributed by atoms with E-state index in [4.69, 9.17) is 5.73 Å². The highest BCUT2D eigenvalue weighted by atomic mass is 16.6. The van der Waals surface area contributed by atoms with Gasteiger partial charge in [-0.05, 0) is 0 Å². The molecule has 2 aromatic rings. The number of hydrogen-bond acceptors (Lipinski definition) is 8. The smallest absolute Gasteiger partial charge is 0.340 e. The van der Waals surface area contributed by atoms with Crippen LogP contribution in [0.2, 0.25) is 0 Å². The molecule has 94 valence electrons. The number of aromatic amines is 2. The summed E-state index contributed by atoms with van der Waals surface area (Å²) >= 11 is 0. The first-order chi connectivity index (χ1) is 8.56. The summed E-state index contributed by atoms with van der Waals surface area (Å²) < 4.78 is 0. The third-order valence-corrected chi connectivity index (χ3v) is 1.96. The van der Waals surface area contributed by atoms with E-state index in [9.17, 15) is 14.9 Å². The molecule has 0 aromatic carbocycles. The summed E-state index contributed by atoms with van der Waals surface area (Å²) in [6.07, 6.45) is 0.998. The number of H-pyrrole nitrogens is 2. The molecule has 0 bridgehead atoms. The van der Waals surface area contributed by atoms with Crippen molar-refractivity contribution in [1.29, 1.82) is 0 Å². The van der Waals surface area contributed by atoms with Crippen LogP contribution in [-0.2, 0) is 6.54 Å². The van der Waals surface area contributed by atoms with Crippen LogP contribution >= 0.6 is 0 Å². The van der Waals surface area contributed by atoms with Gasteiger partial charge in [0, 0.05) is 0 Å². The van der Waals surface area contributed by atoms with Gasteiger partial charge in [-0.3, -0.25) is 15.1 Å². The zero-order chi connectivity index (χ0) is 13.1. The van der Waals surface area contributed by atoms with E-state index in [1.165, 1.54) is 0 Å². The molecular weight excluding hydrogens is 244 g/mol. The molecule has 0 radical (unpaired) electrons. The molecule has 0 spiro atoms. The van der Waals surface area contributed by atoms with Crippen LogP contribution in [-0.4, -0.2) is 30.1 Å². The molecule has 0 fully saturated rings. The molecule has 0 saturated heterocycles. The van der Waals surface area contributed by atoms with Gasteiger partial charge in [0.2, 0.25) is 11.8 Å². The summed E-state index contributed by atoms with van der Waals surface area (Å²) in [6.45, 7) is 0.149. The maximum absolute atomic E-state index is 10.7. The Hall–Kier alpha value is -2.98. The van der Waals surface area contributed by atoms with Crippen LogP contribution in [0.3, 0.4) is 0 Å². The SMILES string of the molecule is Nc1nc(NCc2n[nH]c(=O)[nH]2)ncc1[N+](=O)[O-]. The Bertz CT molecular complexity index is 632. The lowest BCUT2D eigenvalue weighted by Gasteiger charge is -2.02. The maximum atomic E-state index is 10.7. The molecule has 0 unspecified atom stereocenters. The molecule has 0 aliphatic rings. The van der Waals surface area contributed by atoms with Crippen molar-refractivity contribution in [3.63, 3.8) is 0 Å². The van der Waals surface area contributed by atoms with Gasteiger partial charge in [0.05, 0.1) is 11.5 Å². The van der Waals surface area contributed by atoms with Gasteiger partial charge in [0.15, 0.2) is 0 Å². The van der Waals surface area contributed by atoms with Crippen LogP contribution in [0.25, 0.3) is 0 Å². The van der Waals surface area contributed by atoms with Gasteiger partial charge in [0.1, 0.15) is 12.0 Å². The van der Waals surface area contributed by atoms with E-state index in [1.54, 1.807) is 0 Å². The van der Waals surface area contributed by atoms with Crippen LogP contribution in [0.4, 0.5) is 17.5 Å². The van der Waals surface area contributed by atoms with Crippen LogP contribution in [0, 0.1) is 10.1 Å². The highest BCUT2D eigenvalue weighted by Gasteiger charge is 2.14. The Morgan fingerprint density at radius 3 is 2.89 bits per heavy atom. The molecule has 2 rings (SSSR count). The number of anilines is 2.